The third-order valence-corrected chi connectivity index (χ3v) is 3.71. The maximum atomic E-state index is 12.1. The molecule has 3 rings (SSSR count). The van der Waals surface area contributed by atoms with E-state index < -0.39 is 0 Å². The van der Waals surface area contributed by atoms with E-state index in [0.29, 0.717) is 17.4 Å². The summed E-state index contributed by atoms with van der Waals surface area (Å²) in [5, 5.41) is 2.85. The van der Waals surface area contributed by atoms with E-state index >= 15 is 0 Å². The van der Waals surface area contributed by atoms with Crippen LogP contribution >= 0.6 is 0 Å². The Labute approximate surface area is 152 Å². The first kappa shape index (κ1) is 17.5. The molecular formula is C21H20N2O3. The molecule has 0 bridgehead atoms. The summed E-state index contributed by atoms with van der Waals surface area (Å²) in [6.45, 7) is 3.92. The standard InChI is InChI=1S/C21H20N2O3/c1-15-6-11-19(16(2)13-15)23-20(24)14-25-17-7-9-18(10-8-17)26-21-5-3-4-12-22-21/h3-13H,14H2,1-2H3,(H,23,24). The second-order valence-electron chi connectivity index (χ2n) is 5.90. The normalized spacial score (nSPS) is 10.2. The third-order valence-electron chi connectivity index (χ3n) is 3.71. The zero-order valence-corrected chi connectivity index (χ0v) is 14.7. The number of nitrogens with zero attached hydrogens (tertiary/aromatic N) is 1. The average Bonchev–Trinajstić information content (AvgIpc) is 2.64. The van der Waals surface area contributed by atoms with Crippen molar-refractivity contribution >= 4 is 11.6 Å². The maximum Gasteiger partial charge on any atom is 0.262 e. The van der Waals surface area contributed by atoms with Crippen LogP contribution in [0, 0.1) is 13.8 Å². The minimum absolute atomic E-state index is 0.0617. The number of carbonyl (C=O) groups is 1. The molecule has 0 aliphatic rings. The molecule has 5 heteroatoms. The van der Waals surface area contributed by atoms with Crippen molar-refractivity contribution in [3.05, 3.63) is 78.0 Å². The number of benzene rings is 2. The van der Waals surface area contributed by atoms with E-state index in [1.165, 1.54) is 0 Å². The van der Waals surface area contributed by atoms with E-state index in [2.05, 4.69) is 10.3 Å². The van der Waals surface area contributed by atoms with Gasteiger partial charge >= 0.3 is 0 Å². The van der Waals surface area contributed by atoms with Crippen LogP contribution in [0.15, 0.2) is 66.9 Å². The first-order chi connectivity index (χ1) is 12.6. The Morgan fingerprint density at radius 1 is 1.00 bits per heavy atom. The minimum atomic E-state index is -0.203. The number of ether oxygens (including phenoxy) is 2. The van der Waals surface area contributed by atoms with Crippen LogP contribution in [0.3, 0.4) is 0 Å². The van der Waals surface area contributed by atoms with Gasteiger partial charge in [0.15, 0.2) is 6.61 Å². The van der Waals surface area contributed by atoms with Crippen molar-refractivity contribution in [2.24, 2.45) is 0 Å². The Bertz CT molecular complexity index is 878. The molecule has 0 radical (unpaired) electrons. The van der Waals surface area contributed by atoms with Gasteiger partial charge in [0.1, 0.15) is 11.5 Å². The van der Waals surface area contributed by atoms with Crippen molar-refractivity contribution in [1.82, 2.24) is 4.98 Å². The Hall–Kier alpha value is -3.34. The Morgan fingerprint density at radius 3 is 2.46 bits per heavy atom. The number of carbonyl (C=O) groups excluding carboxylic acids is 1. The highest BCUT2D eigenvalue weighted by atomic mass is 16.5. The number of aryl methyl sites for hydroxylation is 2. The topological polar surface area (TPSA) is 60.5 Å². The predicted molar refractivity (Wildman–Crippen MR) is 101 cm³/mol. The van der Waals surface area contributed by atoms with E-state index in [1.807, 2.05) is 44.2 Å². The van der Waals surface area contributed by atoms with Gasteiger partial charge in [0.2, 0.25) is 5.88 Å². The molecule has 1 N–H and O–H groups in total. The number of aromatic nitrogens is 1. The van der Waals surface area contributed by atoms with Gasteiger partial charge in [-0.05, 0) is 55.8 Å². The van der Waals surface area contributed by atoms with Gasteiger partial charge in [-0.3, -0.25) is 4.79 Å². The molecule has 0 saturated heterocycles. The summed E-state index contributed by atoms with van der Waals surface area (Å²) in [5.41, 5.74) is 2.97. The Morgan fingerprint density at radius 2 is 1.77 bits per heavy atom. The van der Waals surface area contributed by atoms with Crippen molar-refractivity contribution < 1.29 is 14.3 Å². The average molecular weight is 348 g/mol. The molecule has 1 heterocycles. The summed E-state index contributed by atoms with van der Waals surface area (Å²) < 4.78 is 11.1. The summed E-state index contributed by atoms with van der Waals surface area (Å²) in [6.07, 6.45) is 1.67. The molecule has 0 aliphatic heterocycles. The van der Waals surface area contributed by atoms with Crippen LogP contribution in [0.2, 0.25) is 0 Å². The first-order valence-electron chi connectivity index (χ1n) is 8.29. The Kier molecular flexibility index (Phi) is 5.49. The first-order valence-corrected chi connectivity index (χ1v) is 8.29. The molecule has 0 fully saturated rings. The molecular weight excluding hydrogens is 328 g/mol. The van der Waals surface area contributed by atoms with Gasteiger partial charge in [-0.25, -0.2) is 4.98 Å². The number of amides is 1. The number of pyridine rings is 1. The summed E-state index contributed by atoms with van der Waals surface area (Å²) >= 11 is 0. The van der Waals surface area contributed by atoms with E-state index in [-0.39, 0.29) is 12.5 Å². The number of hydrogen-bond donors (Lipinski definition) is 1. The fourth-order valence-electron chi connectivity index (χ4n) is 2.42. The molecule has 0 atom stereocenters. The number of anilines is 1. The van der Waals surface area contributed by atoms with Crippen molar-refractivity contribution in [3.8, 4) is 17.4 Å². The highest BCUT2D eigenvalue weighted by Crippen LogP contribution is 2.22. The second-order valence-corrected chi connectivity index (χ2v) is 5.90. The molecule has 26 heavy (non-hydrogen) atoms. The third kappa shape index (κ3) is 4.83. The lowest BCUT2D eigenvalue weighted by atomic mass is 10.1. The molecule has 2 aromatic carbocycles. The molecule has 0 spiro atoms. The predicted octanol–water partition coefficient (Wildman–Crippen LogP) is 4.51. The van der Waals surface area contributed by atoms with Crippen LogP contribution in [0.25, 0.3) is 0 Å². The van der Waals surface area contributed by atoms with Gasteiger partial charge in [0.05, 0.1) is 0 Å². The number of hydrogen-bond acceptors (Lipinski definition) is 4. The van der Waals surface area contributed by atoms with Crippen molar-refractivity contribution in [1.29, 1.82) is 0 Å². The summed E-state index contributed by atoms with van der Waals surface area (Å²) in [4.78, 5) is 16.2. The highest BCUT2D eigenvalue weighted by Gasteiger charge is 2.06. The molecule has 132 valence electrons. The summed E-state index contributed by atoms with van der Waals surface area (Å²) in [5.74, 6) is 1.56. The quantitative estimate of drug-likeness (QED) is 0.712. The summed E-state index contributed by atoms with van der Waals surface area (Å²) in [7, 11) is 0. The second kappa shape index (κ2) is 8.16. The lowest BCUT2D eigenvalue weighted by Crippen LogP contribution is -2.20. The zero-order chi connectivity index (χ0) is 18.4. The molecule has 5 nitrogen and oxygen atoms in total. The van der Waals surface area contributed by atoms with Crippen molar-refractivity contribution in [3.63, 3.8) is 0 Å². The van der Waals surface area contributed by atoms with Crippen LogP contribution < -0.4 is 14.8 Å². The number of nitrogens with one attached hydrogen (secondary N) is 1. The largest absolute Gasteiger partial charge is 0.484 e. The molecule has 1 aromatic heterocycles. The van der Waals surface area contributed by atoms with Gasteiger partial charge in [0, 0.05) is 18.0 Å². The molecule has 0 saturated carbocycles. The van der Waals surface area contributed by atoms with Crippen molar-refractivity contribution in [2.45, 2.75) is 13.8 Å². The van der Waals surface area contributed by atoms with E-state index in [1.54, 1.807) is 36.5 Å². The lowest BCUT2D eigenvalue weighted by Gasteiger charge is -2.10. The van der Waals surface area contributed by atoms with Gasteiger partial charge in [-0.1, -0.05) is 23.8 Å². The lowest BCUT2D eigenvalue weighted by molar-refractivity contribution is -0.118. The molecule has 0 unspecified atom stereocenters. The molecule has 1 amide bonds. The minimum Gasteiger partial charge on any atom is -0.484 e. The van der Waals surface area contributed by atoms with Gasteiger partial charge < -0.3 is 14.8 Å². The van der Waals surface area contributed by atoms with Gasteiger partial charge in [0.25, 0.3) is 5.91 Å². The van der Waals surface area contributed by atoms with Crippen LogP contribution in [0.1, 0.15) is 11.1 Å². The van der Waals surface area contributed by atoms with Crippen LogP contribution in [-0.2, 0) is 4.79 Å². The van der Waals surface area contributed by atoms with Crippen LogP contribution in [0.5, 0.6) is 17.4 Å². The smallest absolute Gasteiger partial charge is 0.262 e. The Balaban J connectivity index is 1.52. The van der Waals surface area contributed by atoms with Gasteiger partial charge in [-0.2, -0.15) is 0 Å². The van der Waals surface area contributed by atoms with Crippen LogP contribution in [-0.4, -0.2) is 17.5 Å². The zero-order valence-electron chi connectivity index (χ0n) is 14.7. The molecule has 3 aromatic rings. The van der Waals surface area contributed by atoms with Crippen molar-refractivity contribution in [2.75, 3.05) is 11.9 Å². The molecule has 0 aliphatic carbocycles. The van der Waals surface area contributed by atoms with Crippen LogP contribution in [0.4, 0.5) is 5.69 Å². The monoisotopic (exact) mass is 348 g/mol. The van der Waals surface area contributed by atoms with E-state index in [9.17, 15) is 4.79 Å². The van der Waals surface area contributed by atoms with Gasteiger partial charge in [-0.15, -0.1) is 0 Å². The fraction of sp³-hybridized carbons (Fsp3) is 0.143. The summed E-state index contributed by atoms with van der Waals surface area (Å²) in [6, 6.07) is 18.4. The van der Waals surface area contributed by atoms with E-state index in [0.717, 1.165) is 16.8 Å². The highest BCUT2D eigenvalue weighted by molar-refractivity contribution is 5.92. The van der Waals surface area contributed by atoms with E-state index in [4.69, 9.17) is 9.47 Å². The maximum absolute atomic E-state index is 12.1. The number of rotatable bonds is 6. The fourth-order valence-corrected chi connectivity index (χ4v) is 2.42. The SMILES string of the molecule is Cc1ccc(NC(=O)COc2ccc(Oc3ccccn3)cc2)c(C)c1.